The van der Waals surface area contributed by atoms with Crippen molar-refractivity contribution >= 4 is 11.8 Å². The van der Waals surface area contributed by atoms with Crippen LogP contribution in [0.2, 0.25) is 0 Å². The van der Waals surface area contributed by atoms with Crippen molar-refractivity contribution in [2.75, 3.05) is 26.7 Å². The minimum Gasteiger partial charge on any atom is -0.358 e. The van der Waals surface area contributed by atoms with E-state index >= 15 is 0 Å². The molecule has 1 aromatic heterocycles. The molecular formula is C15H20N4O2. The van der Waals surface area contributed by atoms with Gasteiger partial charge in [-0.2, -0.15) is 0 Å². The Morgan fingerprint density at radius 2 is 2.24 bits per heavy atom. The fourth-order valence-electron chi connectivity index (χ4n) is 1.77. The van der Waals surface area contributed by atoms with E-state index in [1.807, 2.05) is 6.92 Å². The fourth-order valence-corrected chi connectivity index (χ4v) is 1.77. The van der Waals surface area contributed by atoms with E-state index in [-0.39, 0.29) is 24.9 Å². The summed E-state index contributed by atoms with van der Waals surface area (Å²) in [5.74, 6) is 5.10. The van der Waals surface area contributed by atoms with Crippen LogP contribution in [0.25, 0.3) is 0 Å². The average Bonchev–Trinajstić information content (AvgIpc) is 2.51. The second kappa shape index (κ2) is 8.72. The van der Waals surface area contributed by atoms with Crippen molar-refractivity contribution in [3.63, 3.8) is 0 Å². The molecule has 0 fully saturated rings. The third-order valence-corrected chi connectivity index (χ3v) is 2.77. The molecule has 2 amide bonds. The van der Waals surface area contributed by atoms with Gasteiger partial charge < -0.3 is 16.0 Å². The molecule has 0 bridgehead atoms. The third kappa shape index (κ3) is 4.89. The Labute approximate surface area is 124 Å². The first-order valence-electron chi connectivity index (χ1n) is 6.76. The van der Waals surface area contributed by atoms with Crippen molar-refractivity contribution in [2.45, 2.75) is 13.3 Å². The number of carbonyl (C=O) groups is 2. The molecule has 0 aromatic carbocycles. The lowest BCUT2D eigenvalue weighted by Gasteiger charge is -2.21. The van der Waals surface area contributed by atoms with Gasteiger partial charge >= 0.3 is 0 Å². The van der Waals surface area contributed by atoms with Crippen LogP contribution in [0.4, 0.5) is 0 Å². The predicted octanol–water partition coefficient (Wildman–Crippen LogP) is -0.01000. The number of nitrogens with two attached hydrogens (primary N) is 1. The molecule has 6 heteroatoms. The first-order valence-corrected chi connectivity index (χ1v) is 6.76. The van der Waals surface area contributed by atoms with Crippen LogP contribution in [-0.2, 0) is 4.79 Å². The van der Waals surface area contributed by atoms with E-state index in [1.165, 1.54) is 17.3 Å². The molecule has 0 saturated carbocycles. The van der Waals surface area contributed by atoms with Crippen molar-refractivity contribution in [3.8, 4) is 11.8 Å². The Kier molecular flexibility index (Phi) is 6.92. The molecular weight excluding hydrogens is 268 g/mol. The van der Waals surface area contributed by atoms with Gasteiger partial charge in [-0.1, -0.05) is 18.8 Å². The molecule has 0 radical (unpaired) electrons. The van der Waals surface area contributed by atoms with Crippen molar-refractivity contribution in [3.05, 3.63) is 29.6 Å². The van der Waals surface area contributed by atoms with Crippen molar-refractivity contribution in [2.24, 2.45) is 5.73 Å². The van der Waals surface area contributed by atoms with Gasteiger partial charge in [-0.15, -0.1) is 0 Å². The van der Waals surface area contributed by atoms with Crippen LogP contribution in [-0.4, -0.2) is 48.4 Å². The van der Waals surface area contributed by atoms with Crippen LogP contribution in [0.15, 0.2) is 18.5 Å². The average molecular weight is 288 g/mol. The molecule has 112 valence electrons. The number of nitrogens with zero attached hydrogens (tertiary/aromatic N) is 2. The van der Waals surface area contributed by atoms with E-state index in [4.69, 9.17) is 5.73 Å². The number of amides is 2. The predicted molar refractivity (Wildman–Crippen MR) is 80.4 cm³/mol. The Hall–Kier alpha value is -2.39. The van der Waals surface area contributed by atoms with Gasteiger partial charge in [-0.05, 0) is 12.5 Å². The lowest BCUT2D eigenvalue weighted by Crippen LogP contribution is -2.40. The number of rotatable bonds is 5. The minimum absolute atomic E-state index is 0.0231. The lowest BCUT2D eigenvalue weighted by molar-refractivity contribution is -0.121. The van der Waals surface area contributed by atoms with E-state index in [1.54, 1.807) is 13.1 Å². The lowest BCUT2D eigenvalue weighted by atomic mass is 10.1. The summed E-state index contributed by atoms with van der Waals surface area (Å²) in [5, 5.41) is 2.52. The maximum atomic E-state index is 12.6. The first-order chi connectivity index (χ1) is 10.1. The molecule has 1 rings (SSSR count). The number of hydrogen-bond donors (Lipinski definition) is 2. The molecule has 21 heavy (non-hydrogen) atoms. The summed E-state index contributed by atoms with van der Waals surface area (Å²) >= 11 is 0. The Morgan fingerprint density at radius 3 is 2.86 bits per heavy atom. The standard InChI is InChI=1S/C15H20N4O2/c1-3-9-19(11-14(20)17-2)15(21)13-6-8-18-10-12(13)5-4-7-16/h6,8,10H,3,7,9,11,16H2,1-2H3,(H,17,20). The Balaban J connectivity index is 3.05. The summed E-state index contributed by atoms with van der Waals surface area (Å²) in [6.07, 6.45) is 3.82. The fraction of sp³-hybridized carbons (Fsp3) is 0.400. The first kappa shape index (κ1) is 16.7. The Morgan fingerprint density at radius 1 is 1.48 bits per heavy atom. The second-order valence-electron chi connectivity index (χ2n) is 4.33. The molecule has 0 aliphatic heterocycles. The van der Waals surface area contributed by atoms with E-state index < -0.39 is 0 Å². The maximum Gasteiger partial charge on any atom is 0.255 e. The third-order valence-electron chi connectivity index (χ3n) is 2.77. The van der Waals surface area contributed by atoms with Gasteiger partial charge in [0.25, 0.3) is 5.91 Å². The highest BCUT2D eigenvalue weighted by molar-refractivity contribution is 5.98. The molecule has 0 aliphatic carbocycles. The normalized spacial score (nSPS) is 9.48. The van der Waals surface area contributed by atoms with Gasteiger partial charge in [0.1, 0.15) is 0 Å². The number of pyridine rings is 1. The molecule has 3 N–H and O–H groups in total. The largest absolute Gasteiger partial charge is 0.358 e. The van der Waals surface area contributed by atoms with Crippen LogP contribution in [0.3, 0.4) is 0 Å². The molecule has 0 atom stereocenters. The molecule has 6 nitrogen and oxygen atoms in total. The van der Waals surface area contributed by atoms with Crippen LogP contribution in [0.1, 0.15) is 29.3 Å². The summed E-state index contributed by atoms with van der Waals surface area (Å²) < 4.78 is 0. The van der Waals surface area contributed by atoms with E-state index in [0.717, 1.165) is 6.42 Å². The summed E-state index contributed by atoms with van der Waals surface area (Å²) in [7, 11) is 1.54. The molecule has 1 heterocycles. The molecule has 0 spiro atoms. The van der Waals surface area contributed by atoms with E-state index in [9.17, 15) is 9.59 Å². The SMILES string of the molecule is CCCN(CC(=O)NC)C(=O)c1ccncc1C#CCN. The van der Waals surface area contributed by atoms with Crippen molar-refractivity contribution in [1.29, 1.82) is 0 Å². The Bertz CT molecular complexity index is 560. The van der Waals surface area contributed by atoms with Crippen LogP contribution >= 0.6 is 0 Å². The van der Waals surface area contributed by atoms with Crippen molar-refractivity contribution < 1.29 is 9.59 Å². The minimum atomic E-state index is -0.232. The monoisotopic (exact) mass is 288 g/mol. The van der Waals surface area contributed by atoms with Gasteiger partial charge in [0, 0.05) is 26.0 Å². The van der Waals surface area contributed by atoms with E-state index in [2.05, 4.69) is 22.1 Å². The summed E-state index contributed by atoms with van der Waals surface area (Å²) in [6, 6.07) is 1.61. The van der Waals surface area contributed by atoms with Gasteiger partial charge in [0.05, 0.1) is 24.2 Å². The molecule has 0 unspecified atom stereocenters. The topological polar surface area (TPSA) is 88.3 Å². The highest BCUT2D eigenvalue weighted by atomic mass is 16.2. The van der Waals surface area contributed by atoms with Crippen LogP contribution < -0.4 is 11.1 Å². The molecule has 0 aliphatic rings. The zero-order valence-corrected chi connectivity index (χ0v) is 12.3. The van der Waals surface area contributed by atoms with Gasteiger partial charge in [-0.3, -0.25) is 14.6 Å². The smallest absolute Gasteiger partial charge is 0.255 e. The summed E-state index contributed by atoms with van der Waals surface area (Å²) in [4.78, 5) is 29.6. The van der Waals surface area contributed by atoms with Crippen LogP contribution in [0.5, 0.6) is 0 Å². The number of carbonyl (C=O) groups excluding carboxylic acids is 2. The van der Waals surface area contributed by atoms with E-state index in [0.29, 0.717) is 17.7 Å². The van der Waals surface area contributed by atoms with Crippen LogP contribution in [0, 0.1) is 11.8 Å². The quantitative estimate of drug-likeness (QED) is 0.746. The number of likely N-dealkylation sites (N-methyl/N-ethyl adjacent to an activating group) is 1. The van der Waals surface area contributed by atoms with Gasteiger partial charge in [0.15, 0.2) is 0 Å². The zero-order valence-electron chi connectivity index (χ0n) is 12.3. The van der Waals surface area contributed by atoms with Gasteiger partial charge in [0.2, 0.25) is 5.91 Å². The number of hydrogen-bond acceptors (Lipinski definition) is 4. The second-order valence-corrected chi connectivity index (χ2v) is 4.33. The maximum absolute atomic E-state index is 12.6. The number of aromatic nitrogens is 1. The number of nitrogens with one attached hydrogen (secondary N) is 1. The molecule has 0 saturated heterocycles. The van der Waals surface area contributed by atoms with Gasteiger partial charge in [-0.25, -0.2) is 0 Å². The van der Waals surface area contributed by atoms with Crippen molar-refractivity contribution in [1.82, 2.24) is 15.2 Å². The summed E-state index contributed by atoms with van der Waals surface area (Å²) in [6.45, 7) is 2.68. The highest BCUT2D eigenvalue weighted by Crippen LogP contribution is 2.10. The summed E-state index contributed by atoms with van der Waals surface area (Å²) in [5.41, 5.74) is 6.30. The molecule has 1 aromatic rings. The highest BCUT2D eigenvalue weighted by Gasteiger charge is 2.19. The zero-order chi connectivity index (χ0) is 15.7.